The van der Waals surface area contributed by atoms with E-state index in [1.807, 2.05) is 0 Å². The van der Waals surface area contributed by atoms with Crippen LogP contribution in [0.25, 0.3) is 0 Å². The number of rotatable bonds is 4. The summed E-state index contributed by atoms with van der Waals surface area (Å²) in [7, 11) is 0. The van der Waals surface area contributed by atoms with Crippen LogP contribution in [0.3, 0.4) is 0 Å². The molecule has 0 bridgehead atoms. The Hall–Kier alpha value is -0.810. The smallest absolute Gasteiger partial charge is 0.304 e. The van der Waals surface area contributed by atoms with Gasteiger partial charge in [0.1, 0.15) is 5.76 Å². The highest BCUT2D eigenvalue weighted by molar-refractivity contribution is 9.10. The van der Waals surface area contributed by atoms with Gasteiger partial charge in [0.25, 0.3) is 0 Å². The number of furan rings is 1. The number of carboxylic acid groups (broad SMARTS) is 1. The molecule has 1 aromatic heterocycles. The maximum absolute atomic E-state index is 10.4. The average molecular weight is 248 g/mol. The molecule has 13 heavy (non-hydrogen) atoms. The summed E-state index contributed by atoms with van der Waals surface area (Å²) < 4.78 is 5.80. The van der Waals surface area contributed by atoms with E-state index in [2.05, 4.69) is 15.9 Å². The second-order valence-corrected chi connectivity index (χ2v) is 3.45. The molecular formula is C8H10BrNO3. The van der Waals surface area contributed by atoms with Gasteiger partial charge in [-0.2, -0.15) is 0 Å². The molecule has 0 aromatic carbocycles. The summed E-state index contributed by atoms with van der Waals surface area (Å²) in [4.78, 5) is 10.4. The van der Waals surface area contributed by atoms with Crippen molar-refractivity contribution in [2.24, 2.45) is 5.73 Å². The van der Waals surface area contributed by atoms with Gasteiger partial charge in [0.15, 0.2) is 4.67 Å². The molecule has 0 aliphatic heterocycles. The van der Waals surface area contributed by atoms with E-state index < -0.39 is 5.97 Å². The van der Waals surface area contributed by atoms with Gasteiger partial charge in [-0.25, -0.2) is 0 Å². The molecule has 72 valence electrons. The van der Waals surface area contributed by atoms with Crippen molar-refractivity contribution >= 4 is 21.9 Å². The molecule has 1 atom stereocenters. The Balaban J connectivity index is 2.72. The summed E-state index contributed by atoms with van der Waals surface area (Å²) in [6, 6.07) is 3.45. The Morgan fingerprint density at radius 1 is 1.69 bits per heavy atom. The number of halogens is 1. The van der Waals surface area contributed by atoms with Crippen LogP contribution >= 0.6 is 15.9 Å². The van der Waals surface area contributed by atoms with Crippen molar-refractivity contribution < 1.29 is 14.3 Å². The second-order valence-electron chi connectivity index (χ2n) is 2.67. The van der Waals surface area contributed by atoms with Crippen molar-refractivity contribution in [2.45, 2.75) is 12.3 Å². The number of hydrogen-bond acceptors (Lipinski definition) is 3. The molecule has 0 fully saturated rings. The highest BCUT2D eigenvalue weighted by Crippen LogP contribution is 2.23. The third-order valence-electron chi connectivity index (χ3n) is 1.70. The first-order valence-corrected chi connectivity index (χ1v) is 4.60. The molecule has 4 nitrogen and oxygen atoms in total. The van der Waals surface area contributed by atoms with Crippen molar-refractivity contribution in [2.75, 3.05) is 6.54 Å². The monoisotopic (exact) mass is 247 g/mol. The summed E-state index contributed by atoms with van der Waals surface area (Å²) >= 11 is 3.14. The van der Waals surface area contributed by atoms with E-state index in [4.69, 9.17) is 15.3 Å². The maximum atomic E-state index is 10.4. The average Bonchev–Trinajstić information content (AvgIpc) is 2.47. The van der Waals surface area contributed by atoms with Gasteiger partial charge in [-0.3, -0.25) is 4.79 Å². The van der Waals surface area contributed by atoms with E-state index >= 15 is 0 Å². The highest BCUT2D eigenvalue weighted by Gasteiger charge is 2.16. The van der Waals surface area contributed by atoms with Crippen molar-refractivity contribution in [3.63, 3.8) is 0 Å². The minimum Gasteiger partial charge on any atom is -0.481 e. The predicted octanol–water partition coefficient (Wildman–Crippen LogP) is 1.56. The normalized spacial score (nSPS) is 12.8. The fourth-order valence-electron chi connectivity index (χ4n) is 1.06. The molecule has 0 aliphatic rings. The maximum Gasteiger partial charge on any atom is 0.304 e. The molecule has 1 aromatic rings. The molecule has 0 spiro atoms. The SMILES string of the molecule is NCC(CC(=O)O)c1ccc(Br)o1. The van der Waals surface area contributed by atoms with Crippen molar-refractivity contribution in [3.8, 4) is 0 Å². The number of carboxylic acids is 1. The Labute approximate surface area is 83.8 Å². The molecule has 0 aliphatic carbocycles. The lowest BCUT2D eigenvalue weighted by atomic mass is 10.0. The van der Waals surface area contributed by atoms with Gasteiger partial charge in [0.2, 0.25) is 0 Å². The lowest BCUT2D eigenvalue weighted by molar-refractivity contribution is -0.137. The number of nitrogens with two attached hydrogens (primary N) is 1. The largest absolute Gasteiger partial charge is 0.481 e. The Kier molecular flexibility index (Phi) is 3.50. The predicted molar refractivity (Wildman–Crippen MR) is 50.5 cm³/mol. The van der Waals surface area contributed by atoms with Gasteiger partial charge in [0.05, 0.1) is 6.42 Å². The third-order valence-corrected chi connectivity index (χ3v) is 2.13. The number of hydrogen-bond donors (Lipinski definition) is 2. The van der Waals surface area contributed by atoms with Crippen LogP contribution in [0, 0.1) is 0 Å². The summed E-state index contributed by atoms with van der Waals surface area (Å²) in [6.07, 6.45) is -0.00352. The minimum absolute atomic E-state index is 0.00352. The zero-order valence-electron chi connectivity index (χ0n) is 6.87. The number of aliphatic carboxylic acids is 1. The molecule has 0 saturated carbocycles. The van der Waals surface area contributed by atoms with Crippen LogP contribution in [0.4, 0.5) is 0 Å². The summed E-state index contributed by atoms with van der Waals surface area (Å²) in [5.74, 6) is -0.511. The quantitative estimate of drug-likeness (QED) is 0.847. The van der Waals surface area contributed by atoms with Crippen molar-refractivity contribution in [3.05, 3.63) is 22.6 Å². The molecule has 1 heterocycles. The van der Waals surface area contributed by atoms with Crippen molar-refractivity contribution in [1.82, 2.24) is 0 Å². The van der Waals surface area contributed by atoms with Crippen LogP contribution < -0.4 is 5.73 Å². The first kappa shape index (κ1) is 10.3. The zero-order chi connectivity index (χ0) is 9.84. The van der Waals surface area contributed by atoms with E-state index in [0.29, 0.717) is 10.4 Å². The van der Waals surface area contributed by atoms with Gasteiger partial charge in [-0.15, -0.1) is 0 Å². The Morgan fingerprint density at radius 3 is 2.77 bits per heavy atom. The van der Waals surface area contributed by atoms with Crippen LogP contribution in [0.15, 0.2) is 21.2 Å². The van der Waals surface area contributed by atoms with Gasteiger partial charge in [0, 0.05) is 12.5 Å². The molecule has 3 N–H and O–H groups in total. The minimum atomic E-state index is -0.872. The van der Waals surface area contributed by atoms with Crippen LogP contribution in [0.2, 0.25) is 0 Å². The van der Waals surface area contributed by atoms with E-state index in [0.717, 1.165) is 0 Å². The molecule has 1 unspecified atom stereocenters. The van der Waals surface area contributed by atoms with Gasteiger partial charge >= 0.3 is 5.97 Å². The van der Waals surface area contributed by atoms with Gasteiger partial charge in [-0.1, -0.05) is 0 Å². The van der Waals surface area contributed by atoms with Crippen LogP contribution in [0.5, 0.6) is 0 Å². The molecule has 0 amide bonds. The van der Waals surface area contributed by atoms with Crippen LogP contribution in [-0.4, -0.2) is 17.6 Å². The van der Waals surface area contributed by atoms with E-state index in [9.17, 15) is 4.79 Å². The lowest BCUT2D eigenvalue weighted by Crippen LogP contribution is -2.15. The summed E-state index contributed by atoms with van der Waals surface area (Å²) in [5.41, 5.74) is 5.42. The van der Waals surface area contributed by atoms with E-state index in [-0.39, 0.29) is 18.9 Å². The highest BCUT2D eigenvalue weighted by atomic mass is 79.9. The fraction of sp³-hybridized carbons (Fsp3) is 0.375. The second kappa shape index (κ2) is 4.43. The standard InChI is InChI=1S/C8H10BrNO3/c9-7-2-1-6(13-7)5(4-10)3-8(11)12/h1-2,5H,3-4,10H2,(H,11,12). The molecule has 0 saturated heterocycles. The molecule has 1 rings (SSSR count). The van der Waals surface area contributed by atoms with Crippen LogP contribution in [0.1, 0.15) is 18.1 Å². The summed E-state index contributed by atoms with van der Waals surface area (Å²) in [6.45, 7) is 0.270. The third kappa shape index (κ3) is 2.86. The van der Waals surface area contributed by atoms with Gasteiger partial charge < -0.3 is 15.3 Å². The fourth-order valence-corrected chi connectivity index (χ4v) is 1.38. The van der Waals surface area contributed by atoms with Crippen molar-refractivity contribution in [1.29, 1.82) is 0 Å². The number of carbonyl (C=O) groups is 1. The van der Waals surface area contributed by atoms with E-state index in [1.165, 1.54) is 0 Å². The molecule has 0 radical (unpaired) electrons. The first-order valence-electron chi connectivity index (χ1n) is 3.80. The Bertz CT molecular complexity index is 297. The van der Waals surface area contributed by atoms with Crippen LogP contribution in [-0.2, 0) is 4.79 Å². The first-order chi connectivity index (χ1) is 6.13. The summed E-state index contributed by atoms with van der Waals surface area (Å²) in [5, 5.41) is 8.57. The molecular weight excluding hydrogens is 238 g/mol. The topological polar surface area (TPSA) is 76.5 Å². The zero-order valence-corrected chi connectivity index (χ0v) is 8.45. The Morgan fingerprint density at radius 2 is 2.38 bits per heavy atom. The van der Waals surface area contributed by atoms with E-state index in [1.54, 1.807) is 12.1 Å². The lowest BCUT2D eigenvalue weighted by Gasteiger charge is -2.07. The molecule has 5 heteroatoms. The van der Waals surface area contributed by atoms with Gasteiger partial charge in [-0.05, 0) is 28.1 Å².